The Bertz CT molecular complexity index is 342. The molecule has 0 atom stereocenters. The molecule has 15 heavy (non-hydrogen) atoms. The van der Waals surface area contributed by atoms with Crippen LogP contribution < -0.4 is 0 Å². The average molecular weight is 210 g/mol. The Kier molecular flexibility index (Phi) is 3.63. The number of nitrogens with zero attached hydrogens (tertiary/aromatic N) is 2. The van der Waals surface area contributed by atoms with E-state index in [1.807, 2.05) is 13.8 Å². The summed E-state index contributed by atoms with van der Waals surface area (Å²) in [6, 6.07) is 1.73. The van der Waals surface area contributed by atoms with Gasteiger partial charge in [0.1, 0.15) is 11.3 Å². The van der Waals surface area contributed by atoms with E-state index in [1.54, 1.807) is 30.8 Å². The first-order valence-electron chi connectivity index (χ1n) is 5.23. The first kappa shape index (κ1) is 11.9. The quantitative estimate of drug-likeness (QED) is 0.697. The molecule has 1 rings (SSSR count). The molecule has 0 fully saturated rings. The number of hydrogen-bond acceptors (Lipinski definition) is 3. The van der Waals surface area contributed by atoms with Crippen LogP contribution in [0.3, 0.4) is 0 Å². The number of carbonyl (C=O) groups excluding carboxylic acids is 1. The van der Waals surface area contributed by atoms with Gasteiger partial charge in [-0.2, -0.15) is 5.10 Å². The largest absolute Gasteiger partial charge is 0.368 e. The molecular weight excluding hydrogens is 192 g/mol. The SMILES string of the molecule is CCOC(C)(C)C(=O)c1ccnn1CC. The molecule has 0 unspecified atom stereocenters. The van der Waals surface area contributed by atoms with Crippen LogP contribution in [0.2, 0.25) is 0 Å². The van der Waals surface area contributed by atoms with Gasteiger partial charge >= 0.3 is 0 Å². The van der Waals surface area contributed by atoms with Crippen molar-refractivity contribution >= 4 is 5.78 Å². The molecule has 0 radical (unpaired) electrons. The zero-order valence-electron chi connectivity index (χ0n) is 9.78. The molecule has 0 saturated heterocycles. The Labute approximate surface area is 90.2 Å². The van der Waals surface area contributed by atoms with E-state index < -0.39 is 5.60 Å². The Morgan fingerprint density at radius 1 is 1.53 bits per heavy atom. The molecule has 84 valence electrons. The van der Waals surface area contributed by atoms with Gasteiger partial charge in [0.05, 0.1) is 0 Å². The highest BCUT2D eigenvalue weighted by Crippen LogP contribution is 2.16. The second-order valence-electron chi connectivity index (χ2n) is 3.80. The minimum atomic E-state index is -0.776. The van der Waals surface area contributed by atoms with Gasteiger partial charge in [0.25, 0.3) is 0 Å². The molecule has 0 bridgehead atoms. The van der Waals surface area contributed by atoms with Crippen LogP contribution in [0.25, 0.3) is 0 Å². The van der Waals surface area contributed by atoms with Gasteiger partial charge in [-0.25, -0.2) is 0 Å². The van der Waals surface area contributed by atoms with Crippen LogP contribution in [0.4, 0.5) is 0 Å². The van der Waals surface area contributed by atoms with Gasteiger partial charge in [0.2, 0.25) is 5.78 Å². The molecule has 0 aromatic carbocycles. The number of rotatable bonds is 5. The normalized spacial score (nSPS) is 11.7. The second kappa shape index (κ2) is 4.57. The lowest BCUT2D eigenvalue weighted by Crippen LogP contribution is -2.36. The smallest absolute Gasteiger partial charge is 0.211 e. The number of ether oxygens (including phenoxy) is 1. The van der Waals surface area contributed by atoms with E-state index in [-0.39, 0.29) is 5.78 Å². The van der Waals surface area contributed by atoms with Crippen LogP contribution in [0, 0.1) is 0 Å². The lowest BCUT2D eigenvalue weighted by atomic mass is 10.0. The summed E-state index contributed by atoms with van der Waals surface area (Å²) in [7, 11) is 0. The minimum absolute atomic E-state index is 0.0244. The molecule has 0 N–H and O–H groups in total. The van der Waals surface area contributed by atoms with Gasteiger partial charge in [0.15, 0.2) is 0 Å². The van der Waals surface area contributed by atoms with E-state index in [2.05, 4.69) is 5.10 Å². The van der Waals surface area contributed by atoms with E-state index in [9.17, 15) is 4.79 Å². The van der Waals surface area contributed by atoms with Gasteiger partial charge in [0, 0.05) is 19.3 Å². The van der Waals surface area contributed by atoms with Crippen LogP contribution in [0.15, 0.2) is 12.3 Å². The summed E-state index contributed by atoms with van der Waals surface area (Å²) >= 11 is 0. The van der Waals surface area contributed by atoms with Crippen molar-refractivity contribution in [3.63, 3.8) is 0 Å². The van der Waals surface area contributed by atoms with Crippen molar-refractivity contribution in [2.45, 2.75) is 39.8 Å². The highest BCUT2D eigenvalue weighted by atomic mass is 16.5. The van der Waals surface area contributed by atoms with Crippen LogP contribution in [0.5, 0.6) is 0 Å². The fraction of sp³-hybridized carbons (Fsp3) is 0.636. The fourth-order valence-electron chi connectivity index (χ4n) is 1.51. The number of hydrogen-bond donors (Lipinski definition) is 0. The van der Waals surface area contributed by atoms with E-state index in [4.69, 9.17) is 4.74 Å². The molecule has 1 aromatic heterocycles. The molecular formula is C11H18N2O2. The Hall–Kier alpha value is -1.16. The molecule has 0 saturated carbocycles. The van der Waals surface area contributed by atoms with Crippen LogP contribution in [-0.4, -0.2) is 27.8 Å². The molecule has 4 heteroatoms. The monoisotopic (exact) mass is 210 g/mol. The molecule has 1 aromatic rings. The van der Waals surface area contributed by atoms with Crippen molar-refractivity contribution in [3.05, 3.63) is 18.0 Å². The summed E-state index contributed by atoms with van der Waals surface area (Å²) in [5.41, 5.74) is -0.169. The topological polar surface area (TPSA) is 44.1 Å². The van der Waals surface area contributed by atoms with Gasteiger partial charge in [-0.05, 0) is 33.8 Å². The summed E-state index contributed by atoms with van der Waals surface area (Å²) in [5, 5.41) is 4.07. The first-order valence-corrected chi connectivity index (χ1v) is 5.23. The predicted octanol–water partition coefficient (Wildman–Crippen LogP) is 1.90. The third-order valence-electron chi connectivity index (χ3n) is 2.30. The van der Waals surface area contributed by atoms with Gasteiger partial charge in [-0.3, -0.25) is 9.48 Å². The van der Waals surface area contributed by atoms with Gasteiger partial charge in [-0.15, -0.1) is 0 Å². The fourth-order valence-corrected chi connectivity index (χ4v) is 1.51. The van der Waals surface area contributed by atoms with E-state index >= 15 is 0 Å². The molecule has 0 spiro atoms. The summed E-state index contributed by atoms with van der Waals surface area (Å²) in [4.78, 5) is 12.1. The second-order valence-corrected chi connectivity index (χ2v) is 3.80. The van der Waals surface area contributed by atoms with E-state index in [1.165, 1.54) is 0 Å². The zero-order chi connectivity index (χ0) is 11.5. The lowest BCUT2D eigenvalue weighted by Gasteiger charge is -2.23. The molecule has 0 aliphatic heterocycles. The summed E-state index contributed by atoms with van der Waals surface area (Å²) < 4.78 is 7.11. The van der Waals surface area contributed by atoms with E-state index in [0.717, 1.165) is 0 Å². The Morgan fingerprint density at radius 3 is 2.73 bits per heavy atom. The van der Waals surface area contributed by atoms with Crippen LogP contribution >= 0.6 is 0 Å². The van der Waals surface area contributed by atoms with Gasteiger partial charge in [-0.1, -0.05) is 0 Å². The number of aromatic nitrogens is 2. The van der Waals surface area contributed by atoms with Crippen LogP contribution in [-0.2, 0) is 11.3 Å². The molecule has 0 amide bonds. The number of carbonyl (C=O) groups is 1. The maximum Gasteiger partial charge on any atom is 0.211 e. The van der Waals surface area contributed by atoms with Crippen molar-refractivity contribution in [1.82, 2.24) is 9.78 Å². The standard InChI is InChI=1S/C11H18N2O2/c1-5-13-9(7-8-12-13)10(14)11(3,4)15-6-2/h7-8H,5-6H2,1-4H3. The molecule has 4 nitrogen and oxygen atoms in total. The highest BCUT2D eigenvalue weighted by Gasteiger charge is 2.31. The first-order chi connectivity index (χ1) is 7.03. The summed E-state index contributed by atoms with van der Waals surface area (Å²) in [6.45, 7) is 8.62. The predicted molar refractivity (Wildman–Crippen MR) is 57.9 cm³/mol. The van der Waals surface area contributed by atoms with Gasteiger partial charge < -0.3 is 4.74 Å². The number of ketones is 1. The molecule has 0 aliphatic rings. The van der Waals surface area contributed by atoms with Crippen molar-refractivity contribution in [3.8, 4) is 0 Å². The third kappa shape index (κ3) is 2.45. The maximum absolute atomic E-state index is 12.1. The van der Waals surface area contributed by atoms with E-state index in [0.29, 0.717) is 18.8 Å². The van der Waals surface area contributed by atoms with Crippen molar-refractivity contribution in [2.75, 3.05) is 6.61 Å². The lowest BCUT2D eigenvalue weighted by molar-refractivity contribution is 0.000476. The number of Topliss-reactive ketones (excluding diaryl/α,β-unsaturated/α-hetero) is 1. The van der Waals surface area contributed by atoms with Crippen LogP contribution in [0.1, 0.15) is 38.2 Å². The van der Waals surface area contributed by atoms with Crippen molar-refractivity contribution < 1.29 is 9.53 Å². The maximum atomic E-state index is 12.1. The summed E-state index contributed by atoms with van der Waals surface area (Å²) in [5.74, 6) is -0.0244. The Morgan fingerprint density at radius 2 is 2.20 bits per heavy atom. The Balaban J connectivity index is 2.93. The third-order valence-corrected chi connectivity index (χ3v) is 2.30. The molecule has 0 aliphatic carbocycles. The minimum Gasteiger partial charge on any atom is -0.368 e. The summed E-state index contributed by atoms with van der Waals surface area (Å²) in [6.07, 6.45) is 1.64. The van der Waals surface area contributed by atoms with Crippen molar-refractivity contribution in [1.29, 1.82) is 0 Å². The molecule has 1 heterocycles. The highest BCUT2D eigenvalue weighted by molar-refractivity contribution is 6.00. The van der Waals surface area contributed by atoms with Crippen molar-refractivity contribution in [2.24, 2.45) is 0 Å². The number of aryl methyl sites for hydroxylation is 1. The average Bonchev–Trinajstić information content (AvgIpc) is 2.63. The zero-order valence-corrected chi connectivity index (χ0v) is 9.78.